The fourth-order valence-electron chi connectivity index (χ4n) is 6.79. The summed E-state index contributed by atoms with van der Waals surface area (Å²) in [4.78, 5) is 10.4. The van der Waals surface area contributed by atoms with Gasteiger partial charge in [-0.15, -0.1) is 0 Å². The van der Waals surface area contributed by atoms with Crippen molar-refractivity contribution < 1.29 is 0 Å². The van der Waals surface area contributed by atoms with Gasteiger partial charge in [0.15, 0.2) is 0 Å². The molecule has 4 heteroatoms. The third-order valence-corrected chi connectivity index (χ3v) is 8.82. The van der Waals surface area contributed by atoms with Crippen molar-refractivity contribution in [3.63, 3.8) is 0 Å². The van der Waals surface area contributed by atoms with Crippen molar-refractivity contribution in [2.75, 3.05) is 0 Å². The van der Waals surface area contributed by atoms with Crippen LogP contribution in [0.1, 0.15) is 18.5 Å². The van der Waals surface area contributed by atoms with Crippen molar-refractivity contribution in [2.45, 2.75) is 12.8 Å². The molecular weight excluding hydrogens is 536 g/mol. The van der Waals surface area contributed by atoms with Crippen LogP contribution in [-0.2, 0) is 0 Å². The standard InChI is InChI=1S/C40H28N4/c1-3-13-27(14-4-1)34-26-35(28-15-5-2-6-16-28)42-40(41-34)44-38-22-12-9-19-32(38)33-25-29(23-24-39(33)44)43-36-20-10-7-17-30(36)31-18-8-11-21-37(31)43/h1-5,7-15,17-26H,6,16H2. The first kappa shape index (κ1) is 24.8. The molecule has 208 valence electrons. The van der Waals surface area contributed by atoms with Gasteiger partial charge in [0.1, 0.15) is 0 Å². The molecule has 3 aromatic heterocycles. The van der Waals surface area contributed by atoms with Crippen LogP contribution in [0.3, 0.4) is 0 Å². The zero-order valence-electron chi connectivity index (χ0n) is 24.1. The third-order valence-electron chi connectivity index (χ3n) is 8.82. The maximum atomic E-state index is 5.22. The quantitative estimate of drug-likeness (QED) is 0.213. The molecule has 0 radical (unpaired) electrons. The molecule has 4 nitrogen and oxygen atoms in total. The molecule has 0 fully saturated rings. The van der Waals surface area contributed by atoms with E-state index in [1.165, 1.54) is 38.2 Å². The third kappa shape index (κ3) is 3.85. The molecule has 0 atom stereocenters. The van der Waals surface area contributed by atoms with Crippen LogP contribution >= 0.6 is 0 Å². The van der Waals surface area contributed by atoms with Gasteiger partial charge in [-0.1, -0.05) is 103 Å². The molecule has 44 heavy (non-hydrogen) atoms. The number of para-hydroxylation sites is 3. The Kier molecular flexibility index (Phi) is 5.60. The van der Waals surface area contributed by atoms with Gasteiger partial charge < -0.3 is 4.57 Å². The second kappa shape index (κ2) is 9.92. The number of fused-ring (bicyclic) bond motifs is 6. The molecule has 0 saturated carbocycles. The fraction of sp³-hybridized carbons (Fsp3) is 0.0500. The van der Waals surface area contributed by atoms with Gasteiger partial charge in [-0.3, -0.25) is 4.57 Å². The predicted octanol–water partition coefficient (Wildman–Crippen LogP) is 10.1. The van der Waals surface area contributed by atoms with E-state index in [-0.39, 0.29) is 0 Å². The van der Waals surface area contributed by atoms with Crippen LogP contribution in [0.5, 0.6) is 0 Å². The van der Waals surface area contributed by atoms with E-state index in [2.05, 4.69) is 149 Å². The molecule has 9 rings (SSSR count). The van der Waals surface area contributed by atoms with Crippen molar-refractivity contribution in [2.24, 2.45) is 0 Å². The van der Waals surface area contributed by atoms with Gasteiger partial charge in [-0.2, -0.15) is 0 Å². The smallest absolute Gasteiger partial charge is 0.235 e. The first-order chi connectivity index (χ1) is 21.8. The molecule has 0 unspecified atom stereocenters. The predicted molar refractivity (Wildman–Crippen MR) is 182 cm³/mol. The minimum Gasteiger partial charge on any atom is -0.309 e. The molecular formula is C40H28N4. The van der Waals surface area contributed by atoms with E-state index < -0.39 is 0 Å². The van der Waals surface area contributed by atoms with E-state index in [1.807, 2.05) is 6.07 Å². The van der Waals surface area contributed by atoms with Crippen LogP contribution in [0.25, 0.3) is 72.1 Å². The summed E-state index contributed by atoms with van der Waals surface area (Å²) in [5, 5.41) is 4.88. The average Bonchev–Trinajstić information content (AvgIpc) is 3.61. The number of allylic oxidation sites excluding steroid dienone is 4. The highest BCUT2D eigenvalue weighted by molar-refractivity contribution is 6.12. The topological polar surface area (TPSA) is 35.6 Å². The number of aromatic nitrogens is 4. The van der Waals surface area contributed by atoms with Crippen molar-refractivity contribution in [3.05, 3.63) is 151 Å². The lowest BCUT2D eigenvalue weighted by Crippen LogP contribution is -2.06. The van der Waals surface area contributed by atoms with E-state index >= 15 is 0 Å². The Labute approximate surface area is 254 Å². The summed E-state index contributed by atoms with van der Waals surface area (Å²) in [7, 11) is 0. The Bertz CT molecular complexity index is 2390. The van der Waals surface area contributed by atoms with Gasteiger partial charge in [0.2, 0.25) is 5.95 Å². The van der Waals surface area contributed by atoms with Crippen LogP contribution in [0.4, 0.5) is 0 Å². The normalized spacial score (nSPS) is 13.3. The van der Waals surface area contributed by atoms with Crippen molar-refractivity contribution in [1.82, 2.24) is 19.1 Å². The maximum Gasteiger partial charge on any atom is 0.235 e. The van der Waals surface area contributed by atoms with Crippen molar-refractivity contribution in [3.8, 4) is 22.9 Å². The lowest BCUT2D eigenvalue weighted by atomic mass is 10.0. The molecule has 5 aromatic carbocycles. The van der Waals surface area contributed by atoms with Crippen molar-refractivity contribution >= 4 is 49.2 Å². The van der Waals surface area contributed by atoms with Gasteiger partial charge in [0.25, 0.3) is 0 Å². The second-order valence-electron chi connectivity index (χ2n) is 11.4. The number of rotatable bonds is 4. The second-order valence-corrected chi connectivity index (χ2v) is 11.4. The van der Waals surface area contributed by atoms with Crippen LogP contribution in [0.2, 0.25) is 0 Å². The summed E-state index contributed by atoms with van der Waals surface area (Å²) in [5.41, 5.74) is 9.95. The highest BCUT2D eigenvalue weighted by Gasteiger charge is 2.19. The lowest BCUT2D eigenvalue weighted by molar-refractivity contribution is 0.965. The van der Waals surface area contributed by atoms with Gasteiger partial charge in [-0.25, -0.2) is 9.97 Å². The van der Waals surface area contributed by atoms with Crippen LogP contribution in [0, 0.1) is 0 Å². The summed E-state index contributed by atoms with van der Waals surface area (Å²) in [6.45, 7) is 0. The van der Waals surface area contributed by atoms with Gasteiger partial charge in [-0.05, 0) is 60.9 Å². The number of hydrogen-bond acceptors (Lipinski definition) is 2. The zero-order chi connectivity index (χ0) is 29.0. The highest BCUT2D eigenvalue weighted by atomic mass is 15.2. The molecule has 0 bridgehead atoms. The Morgan fingerprint density at radius 3 is 1.77 bits per heavy atom. The molecule has 0 N–H and O–H groups in total. The molecule has 0 amide bonds. The lowest BCUT2D eigenvalue weighted by Gasteiger charge is -2.14. The van der Waals surface area contributed by atoms with Gasteiger partial charge in [0, 0.05) is 32.8 Å². The monoisotopic (exact) mass is 564 g/mol. The van der Waals surface area contributed by atoms with Crippen LogP contribution < -0.4 is 0 Å². The zero-order valence-corrected chi connectivity index (χ0v) is 24.1. The molecule has 0 saturated heterocycles. The van der Waals surface area contributed by atoms with Gasteiger partial charge >= 0.3 is 0 Å². The largest absolute Gasteiger partial charge is 0.309 e. The fourth-order valence-corrected chi connectivity index (χ4v) is 6.79. The minimum absolute atomic E-state index is 0.688. The van der Waals surface area contributed by atoms with E-state index in [9.17, 15) is 0 Å². The van der Waals surface area contributed by atoms with Gasteiger partial charge in [0.05, 0.1) is 33.5 Å². The van der Waals surface area contributed by atoms with E-state index in [0.717, 1.165) is 46.5 Å². The summed E-state index contributed by atoms with van der Waals surface area (Å²) < 4.78 is 4.61. The first-order valence-corrected chi connectivity index (χ1v) is 15.2. The summed E-state index contributed by atoms with van der Waals surface area (Å²) >= 11 is 0. The molecule has 8 aromatic rings. The molecule has 1 aliphatic rings. The van der Waals surface area contributed by atoms with E-state index in [0.29, 0.717) is 5.95 Å². The molecule has 3 heterocycles. The summed E-state index contributed by atoms with van der Waals surface area (Å²) in [5.74, 6) is 0.688. The molecule has 1 aliphatic carbocycles. The van der Waals surface area contributed by atoms with E-state index in [1.54, 1.807) is 0 Å². The average molecular weight is 565 g/mol. The Morgan fingerprint density at radius 1 is 0.500 bits per heavy atom. The van der Waals surface area contributed by atoms with Crippen LogP contribution in [-0.4, -0.2) is 19.1 Å². The van der Waals surface area contributed by atoms with E-state index in [4.69, 9.17) is 9.97 Å². The highest BCUT2D eigenvalue weighted by Crippen LogP contribution is 2.37. The van der Waals surface area contributed by atoms with Crippen LogP contribution in [0.15, 0.2) is 146 Å². The Balaban J connectivity index is 1.31. The first-order valence-electron chi connectivity index (χ1n) is 15.2. The Morgan fingerprint density at radius 2 is 1.09 bits per heavy atom. The Hall–Kier alpha value is -5.74. The SMILES string of the molecule is C1=CCCC(c2cc(-c3ccccc3)nc(-n3c4ccccc4c4cc(-n5c6ccccc6c6ccccc65)ccc43)n2)=C1. The maximum absolute atomic E-state index is 5.22. The number of benzene rings is 5. The molecule has 0 aliphatic heterocycles. The number of hydrogen-bond donors (Lipinski definition) is 0. The molecule has 0 spiro atoms. The number of nitrogens with zero attached hydrogens (tertiary/aromatic N) is 4. The summed E-state index contributed by atoms with van der Waals surface area (Å²) in [6.07, 6.45) is 8.53. The summed E-state index contributed by atoms with van der Waals surface area (Å²) in [6, 6.07) is 45.3. The van der Waals surface area contributed by atoms with Crippen molar-refractivity contribution in [1.29, 1.82) is 0 Å². The minimum atomic E-state index is 0.688.